The number of benzene rings is 1. The highest BCUT2D eigenvalue weighted by atomic mass is 32.2. The minimum atomic E-state index is -0.879. The Hall–Kier alpha value is -2.87. The summed E-state index contributed by atoms with van der Waals surface area (Å²) in [5.74, 6) is 0.169. The summed E-state index contributed by atoms with van der Waals surface area (Å²) in [6.45, 7) is 0. The van der Waals surface area contributed by atoms with Crippen molar-refractivity contribution in [2.75, 3.05) is 0 Å². The Labute approximate surface area is 141 Å². The summed E-state index contributed by atoms with van der Waals surface area (Å²) in [7, 11) is 0. The maximum atomic E-state index is 11.2. The maximum Gasteiger partial charge on any atom is 0.304 e. The molecule has 1 unspecified atom stereocenters. The summed E-state index contributed by atoms with van der Waals surface area (Å²) >= 11 is 1.34. The van der Waals surface area contributed by atoms with Crippen LogP contribution in [-0.2, 0) is 4.79 Å². The standard InChI is InChI=1S/C16H12N4O3S/c21-13(22)9-12-14(10-5-2-1-3-6-10)19-20-15(11-7-4-8-23-11)17-18-16(20)24-12/h1-8,12H,9H2,(H,21,22). The lowest BCUT2D eigenvalue weighted by Crippen LogP contribution is -2.27. The number of rotatable bonds is 4. The second-order valence-electron chi connectivity index (χ2n) is 5.15. The fourth-order valence-electron chi connectivity index (χ4n) is 2.49. The van der Waals surface area contributed by atoms with Gasteiger partial charge in [-0.2, -0.15) is 9.78 Å². The maximum absolute atomic E-state index is 11.2. The van der Waals surface area contributed by atoms with Crippen LogP contribution in [0.2, 0.25) is 0 Å². The highest BCUT2D eigenvalue weighted by Gasteiger charge is 2.31. The van der Waals surface area contributed by atoms with E-state index in [1.165, 1.54) is 11.8 Å². The second kappa shape index (κ2) is 5.97. The van der Waals surface area contributed by atoms with Crippen LogP contribution in [0.25, 0.3) is 11.6 Å². The molecule has 1 atom stereocenters. The van der Waals surface area contributed by atoms with Crippen molar-refractivity contribution in [2.45, 2.75) is 16.8 Å². The largest absolute Gasteiger partial charge is 0.481 e. The van der Waals surface area contributed by atoms with Gasteiger partial charge in [0, 0.05) is 0 Å². The molecule has 1 N–H and O–H groups in total. The molecule has 0 saturated heterocycles. The molecule has 0 fully saturated rings. The third-order valence-corrected chi connectivity index (χ3v) is 4.68. The molecular weight excluding hydrogens is 328 g/mol. The van der Waals surface area contributed by atoms with Gasteiger partial charge < -0.3 is 9.52 Å². The average Bonchev–Trinajstić information content (AvgIpc) is 3.23. The van der Waals surface area contributed by atoms with Crippen molar-refractivity contribution in [3.05, 3.63) is 54.3 Å². The minimum Gasteiger partial charge on any atom is -0.481 e. The van der Waals surface area contributed by atoms with Gasteiger partial charge in [-0.25, -0.2) is 0 Å². The third kappa shape index (κ3) is 2.61. The third-order valence-electron chi connectivity index (χ3n) is 3.54. The van der Waals surface area contributed by atoms with Gasteiger partial charge in [-0.3, -0.25) is 4.79 Å². The Morgan fingerprint density at radius 1 is 1.21 bits per heavy atom. The molecule has 120 valence electrons. The van der Waals surface area contributed by atoms with Crippen LogP contribution in [0.3, 0.4) is 0 Å². The smallest absolute Gasteiger partial charge is 0.304 e. The lowest BCUT2D eigenvalue weighted by Gasteiger charge is -2.21. The van der Waals surface area contributed by atoms with Crippen molar-refractivity contribution in [3.63, 3.8) is 0 Å². The summed E-state index contributed by atoms with van der Waals surface area (Å²) in [4.78, 5) is 11.2. The van der Waals surface area contributed by atoms with Crippen LogP contribution < -0.4 is 0 Å². The molecule has 0 spiro atoms. The fraction of sp³-hybridized carbons (Fsp3) is 0.125. The molecule has 3 aromatic rings. The van der Waals surface area contributed by atoms with Gasteiger partial charge in [0.25, 0.3) is 0 Å². The van der Waals surface area contributed by atoms with Gasteiger partial charge in [-0.1, -0.05) is 42.1 Å². The number of hydrogen-bond donors (Lipinski definition) is 1. The number of carbonyl (C=O) groups is 1. The van der Waals surface area contributed by atoms with Gasteiger partial charge >= 0.3 is 5.97 Å². The quantitative estimate of drug-likeness (QED) is 0.785. The Bertz CT molecular complexity index is 903. The molecule has 4 rings (SSSR count). The summed E-state index contributed by atoms with van der Waals surface area (Å²) in [6.07, 6.45) is 1.52. The van der Waals surface area contributed by atoms with E-state index in [4.69, 9.17) is 4.42 Å². The van der Waals surface area contributed by atoms with Gasteiger partial charge in [0.1, 0.15) is 0 Å². The van der Waals surface area contributed by atoms with Gasteiger partial charge in [-0.05, 0) is 17.7 Å². The lowest BCUT2D eigenvalue weighted by atomic mass is 10.1. The summed E-state index contributed by atoms with van der Waals surface area (Å²) < 4.78 is 6.98. The van der Waals surface area contributed by atoms with Crippen molar-refractivity contribution in [1.29, 1.82) is 0 Å². The number of fused-ring (bicyclic) bond motifs is 1. The van der Waals surface area contributed by atoms with E-state index in [1.54, 1.807) is 23.1 Å². The predicted octanol–water partition coefficient (Wildman–Crippen LogP) is 2.74. The number of aliphatic carboxylic acids is 1. The van der Waals surface area contributed by atoms with Gasteiger partial charge in [0.2, 0.25) is 11.0 Å². The Balaban J connectivity index is 1.83. The van der Waals surface area contributed by atoms with E-state index in [0.29, 0.717) is 22.5 Å². The molecular formula is C16H12N4O3S. The zero-order valence-corrected chi connectivity index (χ0v) is 13.2. The molecule has 2 aromatic heterocycles. The number of carboxylic acid groups (broad SMARTS) is 1. The minimum absolute atomic E-state index is 0.0403. The van der Waals surface area contributed by atoms with E-state index in [9.17, 15) is 9.90 Å². The van der Waals surface area contributed by atoms with Crippen molar-refractivity contribution in [2.24, 2.45) is 5.10 Å². The van der Waals surface area contributed by atoms with Crippen LogP contribution in [0.15, 0.2) is 63.4 Å². The van der Waals surface area contributed by atoms with Crippen molar-refractivity contribution in [1.82, 2.24) is 14.9 Å². The van der Waals surface area contributed by atoms with E-state index in [2.05, 4.69) is 15.3 Å². The van der Waals surface area contributed by atoms with E-state index >= 15 is 0 Å². The first-order valence-electron chi connectivity index (χ1n) is 7.24. The van der Waals surface area contributed by atoms with Crippen LogP contribution in [0.4, 0.5) is 0 Å². The summed E-state index contributed by atoms with van der Waals surface area (Å²) in [5, 5.41) is 22.3. The topological polar surface area (TPSA) is 93.5 Å². The van der Waals surface area contributed by atoms with E-state index in [0.717, 1.165) is 5.56 Å². The van der Waals surface area contributed by atoms with E-state index in [-0.39, 0.29) is 11.7 Å². The van der Waals surface area contributed by atoms with Gasteiger partial charge in [-0.15, -0.1) is 10.2 Å². The van der Waals surface area contributed by atoms with Crippen molar-refractivity contribution < 1.29 is 14.3 Å². The molecule has 0 saturated carbocycles. The number of thioether (sulfide) groups is 1. The van der Waals surface area contributed by atoms with Crippen LogP contribution in [0.1, 0.15) is 12.0 Å². The van der Waals surface area contributed by atoms with Gasteiger partial charge in [0.05, 0.1) is 23.6 Å². The summed E-state index contributed by atoms with van der Waals surface area (Å²) in [6, 6.07) is 13.1. The lowest BCUT2D eigenvalue weighted by molar-refractivity contribution is -0.136. The van der Waals surface area contributed by atoms with E-state index in [1.807, 2.05) is 30.3 Å². The Morgan fingerprint density at radius 2 is 2.04 bits per heavy atom. The number of nitrogens with zero attached hydrogens (tertiary/aromatic N) is 4. The molecule has 3 heterocycles. The first-order valence-corrected chi connectivity index (χ1v) is 8.12. The van der Waals surface area contributed by atoms with Crippen molar-refractivity contribution in [3.8, 4) is 11.6 Å². The predicted molar refractivity (Wildman–Crippen MR) is 88.0 cm³/mol. The number of carboxylic acids is 1. The van der Waals surface area contributed by atoms with Crippen LogP contribution in [0.5, 0.6) is 0 Å². The van der Waals surface area contributed by atoms with Crippen molar-refractivity contribution >= 4 is 23.4 Å². The molecule has 7 nitrogen and oxygen atoms in total. The SMILES string of the molecule is O=C(O)CC1Sc2nnc(-c3ccco3)n2N=C1c1ccccc1. The fourth-order valence-corrected chi connectivity index (χ4v) is 3.58. The Kier molecular flexibility index (Phi) is 3.66. The number of hydrogen-bond acceptors (Lipinski definition) is 6. The van der Waals surface area contributed by atoms with Crippen LogP contribution >= 0.6 is 11.8 Å². The highest BCUT2D eigenvalue weighted by Crippen LogP contribution is 2.34. The first-order chi connectivity index (χ1) is 11.7. The number of furan rings is 1. The molecule has 0 radical (unpaired) electrons. The molecule has 1 aliphatic rings. The van der Waals surface area contributed by atoms with Crippen LogP contribution in [-0.4, -0.2) is 36.9 Å². The first kappa shape index (κ1) is 14.7. The highest BCUT2D eigenvalue weighted by molar-refractivity contribution is 8.00. The van der Waals surface area contributed by atoms with Gasteiger partial charge in [0.15, 0.2) is 5.76 Å². The molecule has 1 aromatic carbocycles. The molecule has 8 heteroatoms. The zero-order valence-electron chi connectivity index (χ0n) is 12.4. The second-order valence-corrected chi connectivity index (χ2v) is 6.32. The number of aromatic nitrogens is 3. The van der Waals surface area contributed by atoms with E-state index < -0.39 is 5.97 Å². The molecule has 1 aliphatic heterocycles. The normalized spacial score (nSPS) is 16.5. The zero-order chi connectivity index (χ0) is 16.5. The summed E-state index contributed by atoms with van der Waals surface area (Å²) in [5.41, 5.74) is 1.56. The average molecular weight is 340 g/mol. The Morgan fingerprint density at radius 3 is 2.75 bits per heavy atom. The molecule has 0 aliphatic carbocycles. The molecule has 24 heavy (non-hydrogen) atoms. The van der Waals surface area contributed by atoms with Crippen LogP contribution in [0, 0.1) is 0 Å². The molecule has 0 bridgehead atoms. The monoisotopic (exact) mass is 340 g/mol. The molecule has 0 amide bonds.